The molecule has 5 aromatic rings. The molecule has 274 valence electrons. The van der Waals surface area contributed by atoms with Crippen molar-refractivity contribution in [2.75, 3.05) is 5.75 Å². The van der Waals surface area contributed by atoms with E-state index in [1.165, 1.54) is 24.0 Å². The Kier molecular flexibility index (Phi) is 11.5. The van der Waals surface area contributed by atoms with Gasteiger partial charge in [0.15, 0.2) is 29.6 Å². The molecule has 8 nitrogen and oxygen atoms in total. The summed E-state index contributed by atoms with van der Waals surface area (Å²) >= 11 is 1.27. The van der Waals surface area contributed by atoms with E-state index in [2.05, 4.69) is 10.3 Å². The molecular formula is C39H31F5N2O6S. The molecule has 1 aliphatic rings. The Balaban J connectivity index is 1.24. The zero-order chi connectivity index (χ0) is 37.8. The first kappa shape index (κ1) is 37.6. The highest BCUT2D eigenvalue weighted by Crippen LogP contribution is 2.43. The number of aromatic carboxylic acids is 1. The zero-order valence-corrected chi connectivity index (χ0v) is 28.7. The van der Waals surface area contributed by atoms with Gasteiger partial charge in [0, 0.05) is 30.0 Å². The fourth-order valence-electron chi connectivity index (χ4n) is 5.94. The molecule has 3 N–H and O–H groups in total. The summed E-state index contributed by atoms with van der Waals surface area (Å²) in [6.07, 6.45) is -0.189. The maximum atomic E-state index is 14.2. The lowest BCUT2D eigenvalue weighted by atomic mass is 9.91. The van der Waals surface area contributed by atoms with Gasteiger partial charge in [-0.25, -0.2) is 31.7 Å². The standard InChI is InChI=1S/C39H31F5N2O6S/c1-20-28(19-53-37-27(38(49)50)9-4-14-45-37)51-39(52-35(20)23-12-10-21(18-47)11-13-23)26-8-3-7-25(16-26)24-6-2-5-22(15-24)17-46-36(48)29-30(40)32(42)34(44)33(43)31(29)41/h2-16,20,28,35,39,47H,17-19H2,1H3,(H,46,48)(H,49,50)/t20-,28+,35+,39+/m1/s1. The van der Waals surface area contributed by atoms with Gasteiger partial charge in [0.05, 0.1) is 24.4 Å². The van der Waals surface area contributed by atoms with Gasteiger partial charge >= 0.3 is 5.97 Å². The van der Waals surface area contributed by atoms with Gasteiger partial charge in [0.2, 0.25) is 5.82 Å². The molecule has 1 aliphatic heterocycles. The van der Waals surface area contributed by atoms with Crippen molar-refractivity contribution in [1.82, 2.24) is 10.3 Å². The predicted octanol–water partition coefficient (Wildman–Crippen LogP) is 8.15. The van der Waals surface area contributed by atoms with E-state index in [9.17, 15) is 41.8 Å². The summed E-state index contributed by atoms with van der Waals surface area (Å²) in [5, 5.41) is 21.8. The zero-order valence-electron chi connectivity index (χ0n) is 27.9. The molecule has 4 aromatic carbocycles. The average molecular weight is 751 g/mol. The van der Waals surface area contributed by atoms with Crippen LogP contribution in [-0.2, 0) is 22.6 Å². The van der Waals surface area contributed by atoms with Crippen LogP contribution in [0.4, 0.5) is 22.0 Å². The van der Waals surface area contributed by atoms with Crippen molar-refractivity contribution >= 4 is 23.6 Å². The van der Waals surface area contributed by atoms with E-state index >= 15 is 0 Å². The molecule has 0 bridgehead atoms. The van der Waals surface area contributed by atoms with E-state index in [1.807, 2.05) is 49.4 Å². The summed E-state index contributed by atoms with van der Waals surface area (Å²) in [7, 11) is 0. The minimum Gasteiger partial charge on any atom is -0.478 e. The summed E-state index contributed by atoms with van der Waals surface area (Å²) < 4.78 is 82.2. The first-order valence-corrected chi connectivity index (χ1v) is 17.3. The topological polar surface area (TPSA) is 118 Å². The number of aliphatic hydroxyl groups is 1. The number of halogens is 5. The van der Waals surface area contributed by atoms with Crippen LogP contribution in [-0.4, -0.2) is 38.9 Å². The lowest BCUT2D eigenvalue weighted by Crippen LogP contribution is -2.38. The smallest absolute Gasteiger partial charge is 0.338 e. The van der Waals surface area contributed by atoms with E-state index in [4.69, 9.17) is 9.47 Å². The van der Waals surface area contributed by atoms with Gasteiger partial charge in [-0.1, -0.05) is 67.6 Å². The van der Waals surface area contributed by atoms with Gasteiger partial charge in [-0.05, 0) is 52.1 Å². The fraction of sp³-hybridized carbons (Fsp3) is 0.205. The Morgan fingerprint density at radius 3 is 2.13 bits per heavy atom. The monoisotopic (exact) mass is 750 g/mol. The molecule has 0 spiro atoms. The van der Waals surface area contributed by atoms with E-state index in [0.717, 1.165) is 16.7 Å². The first-order chi connectivity index (χ1) is 25.5. The minimum atomic E-state index is -2.36. The van der Waals surface area contributed by atoms with Crippen molar-refractivity contribution in [3.8, 4) is 11.1 Å². The lowest BCUT2D eigenvalue weighted by Gasteiger charge is -2.41. The third kappa shape index (κ3) is 8.10. The molecule has 1 amide bonds. The van der Waals surface area contributed by atoms with Crippen molar-refractivity contribution in [3.05, 3.63) is 154 Å². The lowest BCUT2D eigenvalue weighted by molar-refractivity contribution is -0.268. The normalized spacial score (nSPS) is 18.5. The van der Waals surface area contributed by atoms with Crippen LogP contribution in [0.1, 0.15) is 62.3 Å². The van der Waals surface area contributed by atoms with Crippen molar-refractivity contribution in [3.63, 3.8) is 0 Å². The van der Waals surface area contributed by atoms with Gasteiger partial charge in [-0.15, -0.1) is 11.8 Å². The van der Waals surface area contributed by atoms with Crippen LogP contribution in [0.5, 0.6) is 0 Å². The van der Waals surface area contributed by atoms with Crippen LogP contribution in [0, 0.1) is 35.0 Å². The van der Waals surface area contributed by atoms with Crippen molar-refractivity contribution in [1.29, 1.82) is 0 Å². The third-order valence-electron chi connectivity index (χ3n) is 8.82. The molecule has 4 atom stereocenters. The Labute approximate surface area is 304 Å². The molecule has 1 aromatic heterocycles. The van der Waals surface area contributed by atoms with Gasteiger partial charge in [-0.2, -0.15) is 0 Å². The number of carbonyl (C=O) groups is 2. The summed E-state index contributed by atoms with van der Waals surface area (Å²) in [5.41, 5.74) is 2.64. The highest BCUT2D eigenvalue weighted by Gasteiger charge is 2.39. The molecule has 0 saturated carbocycles. The molecule has 53 heavy (non-hydrogen) atoms. The van der Waals surface area contributed by atoms with Gasteiger partial charge in [-0.3, -0.25) is 4.79 Å². The number of rotatable bonds is 11. The summed E-state index contributed by atoms with van der Waals surface area (Å²) in [5.74, 6) is -13.6. The Bertz CT molecular complexity index is 2130. The average Bonchev–Trinajstić information content (AvgIpc) is 3.18. The largest absolute Gasteiger partial charge is 0.478 e. The maximum Gasteiger partial charge on any atom is 0.338 e. The van der Waals surface area contributed by atoms with Crippen LogP contribution in [0.2, 0.25) is 0 Å². The van der Waals surface area contributed by atoms with Crippen LogP contribution in [0.25, 0.3) is 11.1 Å². The van der Waals surface area contributed by atoms with Crippen molar-refractivity contribution in [2.45, 2.75) is 43.6 Å². The molecule has 1 fully saturated rings. The minimum absolute atomic E-state index is 0.0805. The number of hydrogen-bond donors (Lipinski definition) is 3. The number of pyridine rings is 1. The SMILES string of the molecule is C[C@@H]1[C@H](CSc2ncccc2C(=O)O)O[C@H](c2cccc(-c3cccc(CNC(=O)c4c(F)c(F)c(F)c(F)c4F)c3)c2)O[C@@H]1c1ccc(CO)cc1. The van der Waals surface area contributed by atoms with Crippen LogP contribution in [0.3, 0.4) is 0 Å². The number of carboxylic acid groups (broad SMARTS) is 1. The van der Waals surface area contributed by atoms with Gasteiger partial charge in [0.1, 0.15) is 10.6 Å². The number of aromatic nitrogens is 1. The number of ether oxygens (including phenoxy) is 2. The van der Waals surface area contributed by atoms with Crippen molar-refractivity contribution < 1.29 is 51.2 Å². The number of nitrogens with one attached hydrogen (secondary N) is 1. The molecular weight excluding hydrogens is 719 g/mol. The Morgan fingerprint density at radius 2 is 1.45 bits per heavy atom. The second kappa shape index (κ2) is 16.3. The molecule has 0 radical (unpaired) electrons. The predicted molar refractivity (Wildman–Crippen MR) is 184 cm³/mol. The number of nitrogens with zero attached hydrogens (tertiary/aromatic N) is 1. The third-order valence-corrected chi connectivity index (χ3v) is 9.91. The van der Waals surface area contributed by atoms with E-state index < -0.39 is 65.0 Å². The number of carboxylic acids is 1. The molecule has 6 rings (SSSR count). The Morgan fingerprint density at radius 1 is 0.792 bits per heavy atom. The molecule has 14 heteroatoms. The second-order valence-electron chi connectivity index (χ2n) is 12.2. The quantitative estimate of drug-likeness (QED) is 0.0536. The second-order valence-corrected chi connectivity index (χ2v) is 13.3. The van der Waals surface area contributed by atoms with Crippen LogP contribution in [0.15, 0.2) is 96.2 Å². The van der Waals surface area contributed by atoms with Crippen molar-refractivity contribution in [2.24, 2.45) is 5.92 Å². The molecule has 0 aliphatic carbocycles. The number of carbonyl (C=O) groups excluding carboxylic acids is 1. The molecule has 2 heterocycles. The highest BCUT2D eigenvalue weighted by atomic mass is 32.2. The summed E-state index contributed by atoms with van der Waals surface area (Å²) in [4.78, 5) is 28.6. The van der Waals surface area contributed by atoms with Crippen LogP contribution >= 0.6 is 11.8 Å². The number of amides is 1. The van der Waals surface area contributed by atoms with Gasteiger partial charge in [0.25, 0.3) is 5.91 Å². The maximum absolute atomic E-state index is 14.2. The number of thioether (sulfide) groups is 1. The molecule has 0 unspecified atom stereocenters. The first-order valence-electron chi connectivity index (χ1n) is 16.3. The van der Waals surface area contributed by atoms with Crippen LogP contribution < -0.4 is 5.32 Å². The fourth-order valence-corrected chi connectivity index (χ4v) is 7.09. The number of aliphatic hydroxyl groups excluding tert-OH is 1. The number of hydrogen-bond acceptors (Lipinski definition) is 7. The Hall–Kier alpha value is -5.15. The van der Waals surface area contributed by atoms with Gasteiger partial charge < -0.3 is 25.0 Å². The summed E-state index contributed by atoms with van der Waals surface area (Å²) in [6, 6.07) is 24.5. The summed E-state index contributed by atoms with van der Waals surface area (Å²) in [6.45, 7) is 1.58. The van der Waals surface area contributed by atoms with E-state index in [1.54, 1.807) is 36.4 Å². The van der Waals surface area contributed by atoms with E-state index in [-0.39, 0.29) is 24.6 Å². The highest BCUT2D eigenvalue weighted by molar-refractivity contribution is 7.99. The number of benzene rings is 4. The molecule has 1 saturated heterocycles. The van der Waals surface area contributed by atoms with E-state index in [0.29, 0.717) is 27.5 Å².